The first-order chi connectivity index (χ1) is 9.33. The summed E-state index contributed by atoms with van der Waals surface area (Å²) in [5.41, 5.74) is 4.96. The minimum Gasteiger partial charge on any atom is -0.314 e. The van der Waals surface area contributed by atoms with Gasteiger partial charge in [0.25, 0.3) is 0 Å². The van der Waals surface area contributed by atoms with Crippen LogP contribution < -0.4 is 10.6 Å². The van der Waals surface area contributed by atoms with Crippen molar-refractivity contribution in [3.8, 4) is 11.1 Å². The predicted octanol–water partition coefficient (Wildman–Crippen LogP) is 2.29. The Labute approximate surface area is 114 Å². The van der Waals surface area contributed by atoms with E-state index in [4.69, 9.17) is 0 Å². The van der Waals surface area contributed by atoms with Crippen molar-refractivity contribution in [2.45, 2.75) is 13.0 Å². The number of benzene rings is 1. The minimum atomic E-state index is 0.409. The molecule has 3 nitrogen and oxygen atoms in total. The summed E-state index contributed by atoms with van der Waals surface area (Å²) >= 11 is 0. The van der Waals surface area contributed by atoms with Crippen molar-refractivity contribution in [2.75, 3.05) is 19.6 Å². The Morgan fingerprint density at radius 1 is 1.11 bits per heavy atom. The van der Waals surface area contributed by atoms with Gasteiger partial charge in [0, 0.05) is 43.6 Å². The first-order valence-corrected chi connectivity index (χ1v) is 6.79. The minimum absolute atomic E-state index is 0.409. The number of aryl methyl sites for hydroxylation is 1. The number of rotatable bonds is 2. The molecular formula is C16H19N3. The van der Waals surface area contributed by atoms with E-state index >= 15 is 0 Å². The van der Waals surface area contributed by atoms with Crippen LogP contribution >= 0.6 is 0 Å². The summed E-state index contributed by atoms with van der Waals surface area (Å²) in [5.74, 6) is 0. The first kappa shape index (κ1) is 12.3. The first-order valence-electron chi connectivity index (χ1n) is 6.79. The second-order valence-electron chi connectivity index (χ2n) is 5.09. The molecule has 1 fully saturated rings. The normalized spacial score (nSPS) is 19.3. The standard InChI is InChI=1S/C16H19N3/c1-12-7-15(10-18-9-12)13-3-2-4-14(8-13)16-11-17-5-6-19-16/h2-4,7-10,16-17,19H,5-6,11H2,1H3. The van der Waals surface area contributed by atoms with Crippen molar-refractivity contribution in [2.24, 2.45) is 0 Å². The molecule has 2 heterocycles. The molecule has 98 valence electrons. The van der Waals surface area contributed by atoms with E-state index < -0.39 is 0 Å². The fourth-order valence-corrected chi connectivity index (χ4v) is 2.54. The molecule has 3 heteroatoms. The molecule has 0 saturated carbocycles. The molecule has 19 heavy (non-hydrogen) atoms. The molecule has 3 rings (SSSR count). The molecule has 1 aliphatic rings. The number of nitrogens with zero attached hydrogens (tertiary/aromatic N) is 1. The van der Waals surface area contributed by atoms with Gasteiger partial charge in [-0.25, -0.2) is 0 Å². The summed E-state index contributed by atoms with van der Waals surface area (Å²) in [6.45, 7) is 5.15. The zero-order valence-electron chi connectivity index (χ0n) is 11.2. The molecule has 0 aliphatic carbocycles. The van der Waals surface area contributed by atoms with E-state index in [0.29, 0.717) is 6.04 Å². The SMILES string of the molecule is Cc1cncc(-c2cccc(C3CNCCN3)c2)c1. The fourth-order valence-electron chi connectivity index (χ4n) is 2.54. The average Bonchev–Trinajstić information content (AvgIpc) is 2.48. The van der Waals surface area contributed by atoms with Crippen molar-refractivity contribution in [3.05, 3.63) is 53.9 Å². The van der Waals surface area contributed by atoms with Gasteiger partial charge in [0.2, 0.25) is 0 Å². The van der Waals surface area contributed by atoms with E-state index in [1.165, 1.54) is 22.3 Å². The van der Waals surface area contributed by atoms with Crippen LogP contribution in [0.1, 0.15) is 17.2 Å². The van der Waals surface area contributed by atoms with Crippen LogP contribution in [0.4, 0.5) is 0 Å². The number of aromatic nitrogens is 1. The van der Waals surface area contributed by atoms with E-state index in [1.54, 1.807) is 0 Å². The highest BCUT2D eigenvalue weighted by Gasteiger charge is 2.14. The third-order valence-corrected chi connectivity index (χ3v) is 3.54. The van der Waals surface area contributed by atoms with Crippen molar-refractivity contribution in [1.82, 2.24) is 15.6 Å². The van der Waals surface area contributed by atoms with Crippen LogP contribution in [0.2, 0.25) is 0 Å². The highest BCUT2D eigenvalue weighted by molar-refractivity contribution is 5.64. The zero-order chi connectivity index (χ0) is 13.1. The molecule has 1 aromatic heterocycles. The van der Waals surface area contributed by atoms with Crippen molar-refractivity contribution in [1.29, 1.82) is 0 Å². The van der Waals surface area contributed by atoms with Crippen LogP contribution in [0.15, 0.2) is 42.7 Å². The second kappa shape index (κ2) is 5.51. The second-order valence-corrected chi connectivity index (χ2v) is 5.09. The summed E-state index contributed by atoms with van der Waals surface area (Å²) < 4.78 is 0. The van der Waals surface area contributed by atoms with Gasteiger partial charge in [-0.15, -0.1) is 0 Å². The van der Waals surface area contributed by atoms with Gasteiger partial charge in [-0.2, -0.15) is 0 Å². The van der Waals surface area contributed by atoms with Crippen LogP contribution in [-0.2, 0) is 0 Å². The van der Waals surface area contributed by atoms with Crippen molar-refractivity contribution in [3.63, 3.8) is 0 Å². The van der Waals surface area contributed by atoms with Crippen molar-refractivity contribution < 1.29 is 0 Å². The van der Waals surface area contributed by atoms with Gasteiger partial charge in [0.15, 0.2) is 0 Å². The molecule has 0 radical (unpaired) electrons. The Morgan fingerprint density at radius 2 is 2.05 bits per heavy atom. The highest BCUT2D eigenvalue weighted by Crippen LogP contribution is 2.23. The maximum atomic E-state index is 4.27. The number of hydrogen-bond donors (Lipinski definition) is 2. The summed E-state index contributed by atoms with van der Waals surface area (Å²) in [5, 5.41) is 6.97. The third-order valence-electron chi connectivity index (χ3n) is 3.54. The molecule has 1 aliphatic heterocycles. The Morgan fingerprint density at radius 3 is 2.84 bits per heavy atom. The summed E-state index contributed by atoms with van der Waals surface area (Å²) in [4.78, 5) is 4.27. The maximum Gasteiger partial charge on any atom is 0.0447 e. The molecule has 2 aromatic rings. The van der Waals surface area contributed by atoms with Crippen LogP contribution in [-0.4, -0.2) is 24.6 Å². The molecule has 1 atom stereocenters. The van der Waals surface area contributed by atoms with Crippen LogP contribution in [0.3, 0.4) is 0 Å². The Kier molecular flexibility index (Phi) is 3.58. The van der Waals surface area contributed by atoms with E-state index in [1.807, 2.05) is 12.4 Å². The molecule has 0 bridgehead atoms. The smallest absolute Gasteiger partial charge is 0.0447 e. The van der Waals surface area contributed by atoms with E-state index in [9.17, 15) is 0 Å². The number of pyridine rings is 1. The van der Waals surface area contributed by atoms with Gasteiger partial charge in [-0.1, -0.05) is 18.2 Å². The van der Waals surface area contributed by atoms with Gasteiger partial charge >= 0.3 is 0 Å². The molecule has 2 N–H and O–H groups in total. The average molecular weight is 253 g/mol. The third kappa shape index (κ3) is 2.83. The Bertz CT molecular complexity index is 559. The quantitative estimate of drug-likeness (QED) is 0.862. The predicted molar refractivity (Wildman–Crippen MR) is 78.0 cm³/mol. The zero-order valence-corrected chi connectivity index (χ0v) is 11.2. The summed E-state index contributed by atoms with van der Waals surface area (Å²) in [6, 6.07) is 11.3. The summed E-state index contributed by atoms with van der Waals surface area (Å²) in [7, 11) is 0. The van der Waals surface area contributed by atoms with Gasteiger partial charge in [-0.3, -0.25) is 4.98 Å². The molecule has 0 spiro atoms. The lowest BCUT2D eigenvalue weighted by atomic mass is 9.99. The monoisotopic (exact) mass is 253 g/mol. The van der Waals surface area contributed by atoms with Crippen LogP contribution in [0.5, 0.6) is 0 Å². The largest absolute Gasteiger partial charge is 0.314 e. The lowest BCUT2D eigenvalue weighted by Crippen LogP contribution is -2.42. The number of piperazine rings is 1. The fraction of sp³-hybridized carbons (Fsp3) is 0.312. The Hall–Kier alpha value is -1.71. The molecule has 1 unspecified atom stereocenters. The lowest BCUT2D eigenvalue weighted by molar-refractivity contribution is 0.430. The molecule has 1 saturated heterocycles. The van der Waals surface area contributed by atoms with Gasteiger partial charge in [0.05, 0.1) is 0 Å². The van der Waals surface area contributed by atoms with Crippen LogP contribution in [0, 0.1) is 6.92 Å². The molecule has 1 aromatic carbocycles. The van der Waals surface area contributed by atoms with Crippen LogP contribution in [0.25, 0.3) is 11.1 Å². The number of nitrogens with one attached hydrogen (secondary N) is 2. The molecule has 0 amide bonds. The van der Waals surface area contributed by atoms with Gasteiger partial charge < -0.3 is 10.6 Å². The lowest BCUT2D eigenvalue weighted by Gasteiger charge is -2.25. The van der Waals surface area contributed by atoms with E-state index in [-0.39, 0.29) is 0 Å². The van der Waals surface area contributed by atoms with E-state index in [2.05, 4.69) is 52.9 Å². The number of hydrogen-bond acceptors (Lipinski definition) is 3. The topological polar surface area (TPSA) is 37.0 Å². The maximum absolute atomic E-state index is 4.27. The highest BCUT2D eigenvalue weighted by atomic mass is 15.1. The molecular weight excluding hydrogens is 234 g/mol. The summed E-state index contributed by atoms with van der Waals surface area (Å²) in [6.07, 6.45) is 3.82. The van der Waals surface area contributed by atoms with Crippen molar-refractivity contribution >= 4 is 0 Å². The van der Waals surface area contributed by atoms with E-state index in [0.717, 1.165) is 19.6 Å². The van der Waals surface area contributed by atoms with Gasteiger partial charge in [0.1, 0.15) is 0 Å². The van der Waals surface area contributed by atoms with Gasteiger partial charge in [-0.05, 0) is 35.7 Å². The Balaban J connectivity index is 1.91.